The number of ether oxygens (including phenoxy) is 1. The van der Waals surface area contributed by atoms with Crippen LogP contribution in [0.3, 0.4) is 0 Å². The minimum absolute atomic E-state index is 0.0137. The third kappa shape index (κ3) is 2.58. The average molecular weight is 176 g/mol. The molecule has 68 valence electrons. The van der Waals surface area contributed by atoms with Gasteiger partial charge in [-0.05, 0) is 13.0 Å². The minimum Gasteiger partial charge on any atom is -0.321 e. The molecular formula is C7H10F2N2O. The molecule has 0 radical (unpaired) electrons. The Morgan fingerprint density at radius 3 is 2.92 bits per heavy atom. The summed E-state index contributed by atoms with van der Waals surface area (Å²) in [5.41, 5.74) is 0.938. The van der Waals surface area contributed by atoms with Crippen molar-refractivity contribution in [2.75, 3.05) is 6.61 Å². The standard InChI is InChI=1S/C7H10F2N2O/c1-6-2-3-10-11(6)4-5-12-7(8)9/h2-3,7H,4-5H2,1H3. The topological polar surface area (TPSA) is 27.1 Å². The molecule has 0 aromatic carbocycles. The first kappa shape index (κ1) is 9.12. The zero-order valence-electron chi connectivity index (χ0n) is 6.70. The van der Waals surface area contributed by atoms with E-state index in [1.54, 1.807) is 10.9 Å². The third-order valence-electron chi connectivity index (χ3n) is 1.48. The molecule has 0 saturated carbocycles. The second-order valence-corrected chi connectivity index (χ2v) is 2.33. The van der Waals surface area contributed by atoms with Crippen LogP contribution in [0.2, 0.25) is 0 Å². The fourth-order valence-electron chi connectivity index (χ4n) is 0.861. The van der Waals surface area contributed by atoms with E-state index in [2.05, 4.69) is 9.84 Å². The van der Waals surface area contributed by atoms with Gasteiger partial charge in [0.05, 0.1) is 13.2 Å². The summed E-state index contributed by atoms with van der Waals surface area (Å²) in [6.45, 7) is -0.487. The molecule has 0 aliphatic heterocycles. The van der Waals surface area contributed by atoms with Crippen molar-refractivity contribution in [3.63, 3.8) is 0 Å². The maximum absolute atomic E-state index is 11.5. The summed E-state index contributed by atoms with van der Waals surface area (Å²) in [6, 6.07) is 1.81. The van der Waals surface area contributed by atoms with E-state index in [-0.39, 0.29) is 6.61 Å². The average Bonchev–Trinajstić information content (AvgIpc) is 2.36. The fraction of sp³-hybridized carbons (Fsp3) is 0.571. The first-order chi connectivity index (χ1) is 5.70. The summed E-state index contributed by atoms with van der Waals surface area (Å²) in [5.74, 6) is 0. The van der Waals surface area contributed by atoms with E-state index in [0.29, 0.717) is 6.54 Å². The first-order valence-electron chi connectivity index (χ1n) is 3.58. The summed E-state index contributed by atoms with van der Waals surface area (Å²) in [7, 11) is 0. The quantitative estimate of drug-likeness (QED) is 0.693. The number of aromatic nitrogens is 2. The van der Waals surface area contributed by atoms with Crippen LogP contribution >= 0.6 is 0 Å². The smallest absolute Gasteiger partial charge is 0.321 e. The second kappa shape index (κ2) is 4.15. The van der Waals surface area contributed by atoms with Crippen LogP contribution in [0, 0.1) is 6.92 Å². The Labute approximate surface area is 68.9 Å². The molecule has 3 nitrogen and oxygen atoms in total. The molecule has 1 aromatic rings. The SMILES string of the molecule is Cc1ccnn1CCOC(F)F. The van der Waals surface area contributed by atoms with Crippen molar-refractivity contribution in [3.8, 4) is 0 Å². The van der Waals surface area contributed by atoms with Crippen molar-refractivity contribution in [1.82, 2.24) is 9.78 Å². The Morgan fingerprint density at radius 1 is 1.67 bits per heavy atom. The van der Waals surface area contributed by atoms with Crippen LogP contribution in [-0.2, 0) is 11.3 Å². The molecule has 1 rings (SSSR count). The Hall–Kier alpha value is -0.970. The van der Waals surface area contributed by atoms with Crippen LogP contribution in [0.25, 0.3) is 0 Å². The lowest BCUT2D eigenvalue weighted by Gasteiger charge is -2.04. The van der Waals surface area contributed by atoms with Gasteiger partial charge < -0.3 is 4.74 Å². The van der Waals surface area contributed by atoms with Crippen LogP contribution in [0.15, 0.2) is 12.3 Å². The molecule has 0 N–H and O–H groups in total. The van der Waals surface area contributed by atoms with Gasteiger partial charge in [0.1, 0.15) is 0 Å². The van der Waals surface area contributed by atoms with E-state index >= 15 is 0 Å². The van der Waals surface area contributed by atoms with Crippen molar-refractivity contribution < 1.29 is 13.5 Å². The van der Waals surface area contributed by atoms with Gasteiger partial charge in [-0.3, -0.25) is 4.68 Å². The number of aryl methyl sites for hydroxylation is 1. The normalized spacial score (nSPS) is 11.0. The minimum atomic E-state index is -2.69. The highest BCUT2D eigenvalue weighted by Gasteiger charge is 2.01. The Bertz CT molecular complexity index is 237. The van der Waals surface area contributed by atoms with Gasteiger partial charge in [-0.1, -0.05) is 0 Å². The van der Waals surface area contributed by atoms with Gasteiger partial charge in [-0.25, -0.2) is 0 Å². The van der Waals surface area contributed by atoms with Crippen molar-refractivity contribution in [1.29, 1.82) is 0 Å². The van der Waals surface area contributed by atoms with Gasteiger partial charge in [0.25, 0.3) is 0 Å². The van der Waals surface area contributed by atoms with Gasteiger partial charge in [0.15, 0.2) is 0 Å². The molecule has 0 aliphatic rings. The Morgan fingerprint density at radius 2 is 2.42 bits per heavy atom. The molecule has 0 bridgehead atoms. The van der Waals surface area contributed by atoms with E-state index in [9.17, 15) is 8.78 Å². The third-order valence-corrected chi connectivity index (χ3v) is 1.48. The molecule has 0 aliphatic carbocycles. The highest BCUT2D eigenvalue weighted by molar-refractivity contribution is 4.96. The highest BCUT2D eigenvalue weighted by atomic mass is 19.3. The Kier molecular flexibility index (Phi) is 3.16. The predicted molar refractivity (Wildman–Crippen MR) is 38.9 cm³/mol. The summed E-state index contributed by atoms with van der Waals surface area (Å²) in [5, 5.41) is 3.90. The van der Waals surface area contributed by atoms with Crippen LogP contribution in [-0.4, -0.2) is 23.0 Å². The molecule has 0 unspecified atom stereocenters. The zero-order valence-corrected chi connectivity index (χ0v) is 6.70. The molecule has 1 aromatic heterocycles. The van der Waals surface area contributed by atoms with Gasteiger partial charge in [0.2, 0.25) is 0 Å². The Balaban J connectivity index is 2.29. The summed E-state index contributed by atoms with van der Waals surface area (Å²) in [4.78, 5) is 0. The maximum atomic E-state index is 11.5. The molecule has 0 fully saturated rings. The predicted octanol–water partition coefficient (Wildman–Crippen LogP) is 1.43. The number of hydrogen-bond acceptors (Lipinski definition) is 2. The number of hydrogen-bond donors (Lipinski definition) is 0. The molecule has 0 atom stereocenters. The van der Waals surface area contributed by atoms with Crippen LogP contribution in [0.5, 0.6) is 0 Å². The summed E-state index contributed by atoms with van der Waals surface area (Å²) >= 11 is 0. The van der Waals surface area contributed by atoms with Crippen molar-refractivity contribution in [2.24, 2.45) is 0 Å². The lowest BCUT2D eigenvalue weighted by atomic mass is 10.5. The van der Waals surface area contributed by atoms with Crippen LogP contribution in [0.1, 0.15) is 5.69 Å². The van der Waals surface area contributed by atoms with Gasteiger partial charge in [0, 0.05) is 11.9 Å². The van der Waals surface area contributed by atoms with E-state index in [1.165, 1.54) is 0 Å². The lowest BCUT2D eigenvalue weighted by Crippen LogP contribution is -2.10. The largest absolute Gasteiger partial charge is 0.345 e. The van der Waals surface area contributed by atoms with Crippen molar-refractivity contribution in [2.45, 2.75) is 20.1 Å². The second-order valence-electron chi connectivity index (χ2n) is 2.33. The molecule has 12 heavy (non-hydrogen) atoms. The van der Waals surface area contributed by atoms with Crippen LogP contribution in [0.4, 0.5) is 8.78 Å². The van der Waals surface area contributed by atoms with E-state index in [0.717, 1.165) is 5.69 Å². The maximum Gasteiger partial charge on any atom is 0.345 e. The highest BCUT2D eigenvalue weighted by Crippen LogP contribution is 1.98. The number of alkyl halides is 2. The summed E-state index contributed by atoms with van der Waals surface area (Å²) < 4.78 is 28.7. The van der Waals surface area contributed by atoms with E-state index in [4.69, 9.17) is 0 Å². The first-order valence-corrected chi connectivity index (χ1v) is 3.58. The fourth-order valence-corrected chi connectivity index (χ4v) is 0.861. The van der Waals surface area contributed by atoms with Crippen molar-refractivity contribution >= 4 is 0 Å². The van der Waals surface area contributed by atoms with E-state index < -0.39 is 6.61 Å². The van der Waals surface area contributed by atoms with Crippen molar-refractivity contribution in [3.05, 3.63) is 18.0 Å². The summed E-state index contributed by atoms with van der Waals surface area (Å²) in [6.07, 6.45) is 1.62. The molecule has 0 saturated heterocycles. The van der Waals surface area contributed by atoms with E-state index in [1.807, 2.05) is 13.0 Å². The van der Waals surface area contributed by atoms with Gasteiger partial charge in [-0.15, -0.1) is 0 Å². The number of rotatable bonds is 4. The lowest BCUT2D eigenvalue weighted by molar-refractivity contribution is -0.130. The van der Waals surface area contributed by atoms with Gasteiger partial charge in [-0.2, -0.15) is 13.9 Å². The number of nitrogens with zero attached hydrogens (tertiary/aromatic N) is 2. The molecule has 0 amide bonds. The molecule has 5 heteroatoms. The molecular weight excluding hydrogens is 166 g/mol. The van der Waals surface area contributed by atoms with Gasteiger partial charge >= 0.3 is 6.61 Å². The number of halogens is 2. The zero-order chi connectivity index (χ0) is 8.97. The molecule has 1 heterocycles. The monoisotopic (exact) mass is 176 g/mol. The molecule has 0 spiro atoms. The van der Waals surface area contributed by atoms with Crippen LogP contribution < -0.4 is 0 Å².